The minimum absolute atomic E-state index is 0.327. The zero-order chi connectivity index (χ0) is 18.9. The molecule has 1 aromatic heterocycles. The standard InChI is InChI=1S/C25H35NO/c1-23(27)12-13-24(2)18(15-23)6-7-19-21-9-8-20(17-5-4-14-26-16-17)25(21,3)11-10-22(19)24/h4-5,8,14,16,18-19,21-22,27H,6-7,9-13,15H2,1-3H3/t18?,19-,21-,22-,23-,24-,25+/m0/s1. The van der Waals surface area contributed by atoms with Gasteiger partial charge in [-0.3, -0.25) is 4.98 Å². The molecule has 0 amide bonds. The van der Waals surface area contributed by atoms with Gasteiger partial charge >= 0.3 is 0 Å². The van der Waals surface area contributed by atoms with E-state index in [9.17, 15) is 5.11 Å². The van der Waals surface area contributed by atoms with Gasteiger partial charge in [0.15, 0.2) is 0 Å². The molecule has 1 N–H and O–H groups in total. The predicted octanol–water partition coefficient (Wildman–Crippen LogP) is 5.87. The van der Waals surface area contributed by atoms with E-state index in [4.69, 9.17) is 0 Å². The van der Waals surface area contributed by atoms with Gasteiger partial charge in [-0.1, -0.05) is 26.0 Å². The summed E-state index contributed by atoms with van der Waals surface area (Å²) in [5.74, 6) is 3.23. The van der Waals surface area contributed by atoms with Gasteiger partial charge in [0.05, 0.1) is 5.60 Å². The van der Waals surface area contributed by atoms with Crippen LogP contribution in [0.25, 0.3) is 5.57 Å². The molecule has 0 bridgehead atoms. The van der Waals surface area contributed by atoms with Crippen molar-refractivity contribution in [1.82, 2.24) is 4.98 Å². The molecule has 1 heterocycles. The second-order valence-corrected chi connectivity index (χ2v) is 10.9. The molecule has 0 radical (unpaired) electrons. The molecule has 1 aromatic rings. The molecule has 3 saturated carbocycles. The largest absolute Gasteiger partial charge is 0.390 e. The molecule has 4 aliphatic carbocycles. The SMILES string of the molecule is C[C@]1(O)CC[C@@]2(C)C(CC[C@@H]3[C@@H]2CC[C@]2(C)C(c4cccnc4)=CC[C@@H]32)C1. The van der Waals surface area contributed by atoms with E-state index < -0.39 is 5.60 Å². The number of allylic oxidation sites excluding steroid dienone is 2. The number of aliphatic hydroxyl groups is 1. The molecule has 146 valence electrons. The third-order valence-electron chi connectivity index (χ3n) is 9.51. The molecule has 5 rings (SSSR count). The second kappa shape index (κ2) is 5.92. The summed E-state index contributed by atoms with van der Waals surface area (Å²) in [4.78, 5) is 4.39. The Morgan fingerprint density at radius 3 is 2.67 bits per heavy atom. The van der Waals surface area contributed by atoms with Crippen molar-refractivity contribution in [3.63, 3.8) is 0 Å². The summed E-state index contributed by atoms with van der Waals surface area (Å²) in [5, 5.41) is 10.7. The van der Waals surface area contributed by atoms with Crippen LogP contribution in [-0.4, -0.2) is 15.7 Å². The molecule has 1 unspecified atom stereocenters. The maximum absolute atomic E-state index is 10.7. The van der Waals surface area contributed by atoms with Crippen LogP contribution in [0.1, 0.15) is 77.7 Å². The van der Waals surface area contributed by atoms with E-state index in [1.165, 1.54) is 44.1 Å². The zero-order valence-corrected chi connectivity index (χ0v) is 17.2. The number of hydrogen-bond acceptors (Lipinski definition) is 2. The summed E-state index contributed by atoms with van der Waals surface area (Å²) in [7, 11) is 0. The topological polar surface area (TPSA) is 33.1 Å². The van der Waals surface area contributed by atoms with Crippen molar-refractivity contribution in [3.8, 4) is 0 Å². The van der Waals surface area contributed by atoms with E-state index in [-0.39, 0.29) is 0 Å². The lowest BCUT2D eigenvalue weighted by molar-refractivity contribution is -0.138. The van der Waals surface area contributed by atoms with Crippen LogP contribution in [0.15, 0.2) is 30.6 Å². The third-order valence-corrected chi connectivity index (χ3v) is 9.51. The van der Waals surface area contributed by atoms with Crippen LogP contribution in [0.4, 0.5) is 0 Å². The molecule has 0 spiro atoms. The average molecular weight is 366 g/mol. The molecule has 0 aliphatic heterocycles. The van der Waals surface area contributed by atoms with Gasteiger partial charge in [0.2, 0.25) is 0 Å². The molecule has 0 saturated heterocycles. The van der Waals surface area contributed by atoms with E-state index in [1.54, 1.807) is 5.57 Å². The first-order valence-corrected chi connectivity index (χ1v) is 11.2. The normalized spacial score (nSPS) is 49.0. The minimum atomic E-state index is -0.428. The number of pyridine rings is 1. The maximum atomic E-state index is 10.7. The Bertz CT molecular complexity index is 753. The van der Waals surface area contributed by atoms with Crippen LogP contribution in [0.5, 0.6) is 0 Å². The molecule has 3 fully saturated rings. The summed E-state index contributed by atoms with van der Waals surface area (Å²) in [6.45, 7) is 7.19. The number of hydrogen-bond donors (Lipinski definition) is 1. The van der Waals surface area contributed by atoms with Crippen LogP contribution >= 0.6 is 0 Å². The molecular weight excluding hydrogens is 330 g/mol. The van der Waals surface area contributed by atoms with E-state index >= 15 is 0 Å². The van der Waals surface area contributed by atoms with Gasteiger partial charge in [0.1, 0.15) is 0 Å². The third kappa shape index (κ3) is 2.58. The molecule has 0 aromatic carbocycles. The smallest absolute Gasteiger partial charge is 0.0622 e. The summed E-state index contributed by atoms with van der Waals surface area (Å²) in [6, 6.07) is 4.33. The van der Waals surface area contributed by atoms with Gasteiger partial charge in [-0.05, 0) is 110 Å². The van der Waals surface area contributed by atoms with Gasteiger partial charge in [-0.2, -0.15) is 0 Å². The van der Waals surface area contributed by atoms with Crippen molar-refractivity contribution in [2.75, 3.05) is 0 Å². The van der Waals surface area contributed by atoms with Crippen molar-refractivity contribution in [2.45, 2.75) is 77.7 Å². The Labute approximate surface area is 164 Å². The van der Waals surface area contributed by atoms with Crippen LogP contribution in [0.2, 0.25) is 0 Å². The number of aromatic nitrogens is 1. The first-order chi connectivity index (χ1) is 12.8. The molecule has 4 aliphatic rings. The van der Waals surface area contributed by atoms with Crippen LogP contribution < -0.4 is 0 Å². The minimum Gasteiger partial charge on any atom is -0.390 e. The lowest BCUT2D eigenvalue weighted by Gasteiger charge is -2.61. The summed E-state index contributed by atoms with van der Waals surface area (Å²) < 4.78 is 0. The second-order valence-electron chi connectivity index (χ2n) is 10.9. The van der Waals surface area contributed by atoms with Crippen molar-refractivity contribution in [2.24, 2.45) is 34.5 Å². The highest BCUT2D eigenvalue weighted by atomic mass is 16.3. The Morgan fingerprint density at radius 2 is 1.89 bits per heavy atom. The summed E-state index contributed by atoms with van der Waals surface area (Å²) in [6.07, 6.45) is 16.4. The fourth-order valence-electron chi connectivity index (χ4n) is 7.97. The quantitative estimate of drug-likeness (QED) is 0.675. The highest BCUT2D eigenvalue weighted by Crippen LogP contribution is 2.67. The molecule has 2 nitrogen and oxygen atoms in total. The lowest BCUT2D eigenvalue weighted by Crippen LogP contribution is -2.55. The Morgan fingerprint density at radius 1 is 1.04 bits per heavy atom. The van der Waals surface area contributed by atoms with Crippen LogP contribution in [0, 0.1) is 34.5 Å². The fraction of sp³-hybridized carbons (Fsp3) is 0.720. The Kier molecular flexibility index (Phi) is 3.93. The predicted molar refractivity (Wildman–Crippen MR) is 110 cm³/mol. The summed E-state index contributed by atoms with van der Waals surface area (Å²) in [5.41, 5.74) is 3.26. The average Bonchev–Trinajstić information content (AvgIpc) is 3.00. The molecule has 2 heteroatoms. The van der Waals surface area contributed by atoms with Crippen molar-refractivity contribution >= 4 is 5.57 Å². The number of nitrogens with zero attached hydrogens (tertiary/aromatic N) is 1. The van der Waals surface area contributed by atoms with Crippen LogP contribution in [0.3, 0.4) is 0 Å². The summed E-state index contributed by atoms with van der Waals surface area (Å²) >= 11 is 0. The van der Waals surface area contributed by atoms with Crippen molar-refractivity contribution < 1.29 is 5.11 Å². The van der Waals surface area contributed by atoms with Gasteiger partial charge < -0.3 is 5.11 Å². The Hall–Kier alpha value is -1.15. The van der Waals surface area contributed by atoms with Gasteiger partial charge in [0.25, 0.3) is 0 Å². The van der Waals surface area contributed by atoms with E-state index in [0.29, 0.717) is 10.8 Å². The van der Waals surface area contributed by atoms with Crippen molar-refractivity contribution in [3.05, 3.63) is 36.2 Å². The van der Waals surface area contributed by atoms with E-state index in [2.05, 4.69) is 50.2 Å². The first kappa shape index (κ1) is 17.9. The fourth-order valence-corrected chi connectivity index (χ4v) is 7.97. The first-order valence-electron chi connectivity index (χ1n) is 11.2. The van der Waals surface area contributed by atoms with Gasteiger partial charge in [0, 0.05) is 12.4 Å². The van der Waals surface area contributed by atoms with Gasteiger partial charge in [-0.25, -0.2) is 0 Å². The maximum Gasteiger partial charge on any atom is 0.0622 e. The monoisotopic (exact) mass is 365 g/mol. The number of rotatable bonds is 1. The molecular formula is C25H35NO. The lowest BCUT2D eigenvalue weighted by atomic mass is 9.44. The molecule has 7 atom stereocenters. The number of fused-ring (bicyclic) bond motifs is 5. The Balaban J connectivity index is 1.43. The van der Waals surface area contributed by atoms with E-state index in [1.807, 2.05) is 6.20 Å². The van der Waals surface area contributed by atoms with E-state index in [0.717, 1.165) is 36.5 Å². The van der Waals surface area contributed by atoms with Crippen LogP contribution in [-0.2, 0) is 0 Å². The zero-order valence-electron chi connectivity index (χ0n) is 17.2. The van der Waals surface area contributed by atoms with Gasteiger partial charge in [-0.15, -0.1) is 0 Å². The highest BCUT2D eigenvalue weighted by molar-refractivity contribution is 5.72. The van der Waals surface area contributed by atoms with Crippen molar-refractivity contribution in [1.29, 1.82) is 0 Å². The highest BCUT2D eigenvalue weighted by Gasteiger charge is 2.59. The molecule has 27 heavy (non-hydrogen) atoms.